The SMILES string of the molecule is COC(=O)c1ccnc(SC2COC2)c1N. The number of hydrogen-bond acceptors (Lipinski definition) is 6. The van der Waals surface area contributed by atoms with Crippen LogP contribution in [-0.2, 0) is 9.47 Å². The van der Waals surface area contributed by atoms with E-state index in [1.54, 1.807) is 12.3 Å². The molecule has 6 heteroatoms. The third kappa shape index (κ3) is 2.12. The van der Waals surface area contributed by atoms with Gasteiger partial charge in [-0.25, -0.2) is 9.78 Å². The number of rotatable bonds is 3. The summed E-state index contributed by atoms with van der Waals surface area (Å²) in [6, 6.07) is 1.56. The lowest BCUT2D eigenvalue weighted by molar-refractivity contribution is 0.0455. The fourth-order valence-electron chi connectivity index (χ4n) is 1.28. The molecule has 0 atom stereocenters. The summed E-state index contributed by atoms with van der Waals surface area (Å²) in [5.74, 6) is -0.438. The van der Waals surface area contributed by atoms with Gasteiger partial charge in [0, 0.05) is 6.20 Å². The Hall–Kier alpha value is -1.27. The zero-order valence-electron chi connectivity index (χ0n) is 8.80. The predicted octanol–water partition coefficient (Wildman–Crippen LogP) is 0.941. The van der Waals surface area contributed by atoms with Crippen LogP contribution in [0.25, 0.3) is 0 Å². The molecule has 86 valence electrons. The number of nitrogen functional groups attached to an aromatic ring is 1. The first-order valence-corrected chi connectivity index (χ1v) is 5.67. The molecule has 1 aromatic rings. The van der Waals surface area contributed by atoms with Gasteiger partial charge in [-0.3, -0.25) is 0 Å². The highest BCUT2D eigenvalue weighted by Gasteiger charge is 2.23. The van der Waals surface area contributed by atoms with Crippen molar-refractivity contribution >= 4 is 23.4 Å². The minimum atomic E-state index is -0.438. The summed E-state index contributed by atoms with van der Waals surface area (Å²) in [5, 5.41) is 1.04. The second-order valence-corrected chi connectivity index (χ2v) is 4.64. The second-order valence-electron chi connectivity index (χ2n) is 3.35. The Kier molecular flexibility index (Phi) is 3.31. The lowest BCUT2D eigenvalue weighted by atomic mass is 10.2. The van der Waals surface area contributed by atoms with E-state index in [1.807, 2.05) is 0 Å². The Balaban J connectivity index is 2.21. The number of nitrogens with two attached hydrogens (primary N) is 1. The lowest BCUT2D eigenvalue weighted by Gasteiger charge is -2.25. The van der Waals surface area contributed by atoms with E-state index < -0.39 is 5.97 Å². The molecule has 1 aliphatic rings. The van der Waals surface area contributed by atoms with Crippen LogP contribution >= 0.6 is 11.8 Å². The van der Waals surface area contributed by atoms with E-state index in [0.29, 0.717) is 34.7 Å². The summed E-state index contributed by atoms with van der Waals surface area (Å²) < 4.78 is 9.70. The first-order valence-electron chi connectivity index (χ1n) is 4.79. The van der Waals surface area contributed by atoms with Crippen molar-refractivity contribution in [2.24, 2.45) is 0 Å². The minimum absolute atomic E-state index is 0.361. The monoisotopic (exact) mass is 240 g/mol. The maximum atomic E-state index is 11.4. The fraction of sp³-hybridized carbons (Fsp3) is 0.400. The number of nitrogens with zero attached hydrogens (tertiary/aromatic N) is 1. The summed E-state index contributed by atoms with van der Waals surface area (Å²) >= 11 is 1.53. The summed E-state index contributed by atoms with van der Waals surface area (Å²) in [6.45, 7) is 1.41. The molecule has 1 saturated heterocycles. The normalized spacial score (nSPS) is 15.6. The van der Waals surface area contributed by atoms with Gasteiger partial charge in [0.15, 0.2) is 0 Å². The highest BCUT2D eigenvalue weighted by atomic mass is 32.2. The first-order chi connectivity index (χ1) is 7.72. The van der Waals surface area contributed by atoms with E-state index >= 15 is 0 Å². The predicted molar refractivity (Wildman–Crippen MR) is 60.5 cm³/mol. The van der Waals surface area contributed by atoms with Crippen molar-refractivity contribution in [3.63, 3.8) is 0 Å². The number of carbonyl (C=O) groups is 1. The van der Waals surface area contributed by atoms with Crippen LogP contribution in [0.4, 0.5) is 5.69 Å². The van der Waals surface area contributed by atoms with Gasteiger partial charge in [0.2, 0.25) is 0 Å². The van der Waals surface area contributed by atoms with Crippen molar-refractivity contribution in [1.29, 1.82) is 0 Å². The minimum Gasteiger partial charge on any atom is -0.465 e. The smallest absolute Gasteiger partial charge is 0.340 e. The number of aromatic nitrogens is 1. The summed E-state index contributed by atoms with van der Waals surface area (Å²) in [5.41, 5.74) is 6.60. The van der Waals surface area contributed by atoms with Crippen LogP contribution in [0.1, 0.15) is 10.4 Å². The van der Waals surface area contributed by atoms with Crippen molar-refractivity contribution in [2.45, 2.75) is 10.3 Å². The van der Waals surface area contributed by atoms with Gasteiger partial charge in [-0.2, -0.15) is 0 Å². The maximum Gasteiger partial charge on any atom is 0.340 e. The average Bonchev–Trinajstić information content (AvgIpc) is 2.24. The lowest BCUT2D eigenvalue weighted by Crippen LogP contribution is -2.30. The Morgan fingerprint density at radius 1 is 1.69 bits per heavy atom. The molecular weight excluding hydrogens is 228 g/mol. The Morgan fingerprint density at radius 3 is 3.00 bits per heavy atom. The molecule has 5 nitrogen and oxygen atoms in total. The third-order valence-corrected chi connectivity index (χ3v) is 3.40. The number of ether oxygens (including phenoxy) is 2. The Bertz CT molecular complexity index is 407. The third-order valence-electron chi connectivity index (χ3n) is 2.24. The number of carbonyl (C=O) groups excluding carboxylic acids is 1. The molecule has 0 saturated carbocycles. The highest BCUT2D eigenvalue weighted by Crippen LogP contribution is 2.32. The Morgan fingerprint density at radius 2 is 2.44 bits per heavy atom. The average molecular weight is 240 g/mol. The molecular formula is C10H12N2O3S. The van der Waals surface area contributed by atoms with Gasteiger partial charge in [0.1, 0.15) is 5.03 Å². The van der Waals surface area contributed by atoms with Crippen LogP contribution in [-0.4, -0.2) is 36.5 Å². The molecule has 1 aliphatic heterocycles. The van der Waals surface area contributed by atoms with Crippen molar-refractivity contribution in [3.05, 3.63) is 17.8 Å². The van der Waals surface area contributed by atoms with Gasteiger partial charge in [-0.05, 0) is 6.07 Å². The molecule has 1 aromatic heterocycles. The van der Waals surface area contributed by atoms with Gasteiger partial charge < -0.3 is 15.2 Å². The zero-order chi connectivity index (χ0) is 11.5. The Labute approximate surface area is 97.3 Å². The van der Waals surface area contributed by atoms with Gasteiger partial charge >= 0.3 is 5.97 Å². The van der Waals surface area contributed by atoms with E-state index in [0.717, 1.165) is 0 Å². The quantitative estimate of drug-likeness (QED) is 0.793. The molecule has 2 heterocycles. The summed E-state index contributed by atoms with van der Waals surface area (Å²) in [6.07, 6.45) is 1.56. The van der Waals surface area contributed by atoms with E-state index in [-0.39, 0.29) is 0 Å². The highest BCUT2D eigenvalue weighted by molar-refractivity contribution is 8.00. The molecule has 0 amide bonds. The van der Waals surface area contributed by atoms with E-state index in [1.165, 1.54) is 18.9 Å². The molecule has 2 N–H and O–H groups in total. The van der Waals surface area contributed by atoms with Gasteiger partial charge in [0.25, 0.3) is 0 Å². The molecule has 2 rings (SSSR count). The standard InChI is InChI=1S/C10H12N2O3S/c1-14-10(13)7-2-3-12-9(8(7)11)16-6-4-15-5-6/h2-3,6H,4-5,11H2,1H3. The number of hydrogen-bond donors (Lipinski definition) is 1. The fourth-order valence-corrected chi connectivity index (χ4v) is 2.28. The van der Waals surface area contributed by atoms with Crippen LogP contribution < -0.4 is 5.73 Å². The number of anilines is 1. The summed E-state index contributed by atoms with van der Waals surface area (Å²) in [7, 11) is 1.33. The molecule has 0 unspecified atom stereocenters. The van der Waals surface area contributed by atoms with Crippen molar-refractivity contribution < 1.29 is 14.3 Å². The molecule has 0 aliphatic carbocycles. The molecule has 0 bridgehead atoms. The number of thioether (sulfide) groups is 1. The van der Waals surface area contributed by atoms with Gasteiger partial charge in [-0.15, -0.1) is 0 Å². The van der Waals surface area contributed by atoms with Crippen LogP contribution in [0.5, 0.6) is 0 Å². The van der Waals surface area contributed by atoms with Crippen LogP contribution in [0.3, 0.4) is 0 Å². The topological polar surface area (TPSA) is 74.4 Å². The second kappa shape index (κ2) is 4.71. The van der Waals surface area contributed by atoms with Crippen LogP contribution in [0.2, 0.25) is 0 Å². The van der Waals surface area contributed by atoms with Crippen molar-refractivity contribution in [2.75, 3.05) is 26.1 Å². The van der Waals surface area contributed by atoms with E-state index in [4.69, 9.17) is 10.5 Å². The largest absolute Gasteiger partial charge is 0.465 e. The van der Waals surface area contributed by atoms with E-state index in [9.17, 15) is 4.79 Å². The summed E-state index contributed by atoms with van der Waals surface area (Å²) in [4.78, 5) is 15.5. The van der Waals surface area contributed by atoms with Crippen molar-refractivity contribution in [3.8, 4) is 0 Å². The zero-order valence-corrected chi connectivity index (χ0v) is 9.62. The van der Waals surface area contributed by atoms with Crippen LogP contribution in [0.15, 0.2) is 17.3 Å². The van der Waals surface area contributed by atoms with Gasteiger partial charge in [-0.1, -0.05) is 11.8 Å². The first kappa shape index (κ1) is 11.2. The number of pyridine rings is 1. The van der Waals surface area contributed by atoms with E-state index in [2.05, 4.69) is 9.72 Å². The molecule has 0 aromatic carbocycles. The van der Waals surface area contributed by atoms with Gasteiger partial charge in [0.05, 0.1) is 36.8 Å². The van der Waals surface area contributed by atoms with Crippen LogP contribution in [0, 0.1) is 0 Å². The molecule has 1 fully saturated rings. The van der Waals surface area contributed by atoms with Crippen molar-refractivity contribution in [1.82, 2.24) is 4.98 Å². The molecule has 16 heavy (non-hydrogen) atoms. The molecule has 0 radical (unpaired) electrons. The molecule has 0 spiro atoms. The number of methoxy groups -OCH3 is 1. The maximum absolute atomic E-state index is 11.4. The number of esters is 1.